The molecule has 1 aromatic carbocycles. The van der Waals surface area contributed by atoms with Crippen molar-refractivity contribution in [2.24, 2.45) is 7.05 Å². The number of nitrogens with zero attached hydrogens (tertiary/aromatic N) is 4. The lowest BCUT2D eigenvalue weighted by Crippen LogP contribution is -1.94. The molecule has 96 valence electrons. The summed E-state index contributed by atoms with van der Waals surface area (Å²) in [5.74, 6) is 3.33. The molecule has 0 aliphatic heterocycles. The van der Waals surface area contributed by atoms with Gasteiger partial charge in [-0.1, -0.05) is 42.1 Å². The van der Waals surface area contributed by atoms with E-state index in [-0.39, 0.29) is 0 Å². The molecule has 4 nitrogen and oxygen atoms in total. The third kappa shape index (κ3) is 4.34. The lowest BCUT2D eigenvalue weighted by molar-refractivity contribution is 0.664. The van der Waals surface area contributed by atoms with E-state index in [1.165, 1.54) is 17.7 Å². The minimum atomic E-state index is 0.892. The topological polar surface area (TPSA) is 43.6 Å². The fourth-order valence-corrected chi connectivity index (χ4v) is 3.32. The van der Waals surface area contributed by atoms with Crippen LogP contribution in [-0.2, 0) is 12.8 Å². The summed E-state index contributed by atoms with van der Waals surface area (Å²) in [6, 6.07) is 10.6. The highest BCUT2D eigenvalue weighted by Crippen LogP contribution is 2.17. The van der Waals surface area contributed by atoms with Crippen LogP contribution in [0.2, 0.25) is 0 Å². The van der Waals surface area contributed by atoms with Crippen LogP contribution in [0.1, 0.15) is 12.0 Å². The molecule has 0 radical (unpaired) electrons. The van der Waals surface area contributed by atoms with Crippen LogP contribution in [0.4, 0.5) is 0 Å². The Morgan fingerprint density at radius 2 is 2.00 bits per heavy atom. The molecule has 0 saturated heterocycles. The molecule has 0 aliphatic carbocycles. The van der Waals surface area contributed by atoms with Crippen molar-refractivity contribution in [3.8, 4) is 0 Å². The second-order valence-corrected chi connectivity index (χ2v) is 5.99. The first-order chi connectivity index (χ1) is 8.86. The summed E-state index contributed by atoms with van der Waals surface area (Å²) in [7, 11) is 1.87. The Bertz CT molecular complexity index is 458. The van der Waals surface area contributed by atoms with Crippen molar-refractivity contribution in [1.29, 1.82) is 0 Å². The molecule has 1 heterocycles. The molecule has 6 heteroatoms. The normalized spacial score (nSPS) is 10.7. The van der Waals surface area contributed by atoms with Gasteiger partial charge in [-0.3, -0.25) is 0 Å². The molecule has 0 fully saturated rings. The first kappa shape index (κ1) is 13.4. The van der Waals surface area contributed by atoms with Crippen LogP contribution < -0.4 is 0 Å². The van der Waals surface area contributed by atoms with E-state index in [9.17, 15) is 0 Å². The number of hydrogen-bond acceptors (Lipinski definition) is 5. The lowest BCUT2D eigenvalue weighted by Gasteiger charge is -2.01. The first-order valence-electron chi connectivity index (χ1n) is 5.83. The molecule has 0 amide bonds. The molecule has 18 heavy (non-hydrogen) atoms. The molecule has 0 spiro atoms. The highest BCUT2D eigenvalue weighted by atomic mass is 32.2. The van der Waals surface area contributed by atoms with Crippen LogP contribution in [-0.4, -0.2) is 31.7 Å². The van der Waals surface area contributed by atoms with E-state index in [1.54, 1.807) is 16.4 Å². The Morgan fingerprint density at radius 3 is 2.72 bits per heavy atom. The van der Waals surface area contributed by atoms with Gasteiger partial charge >= 0.3 is 0 Å². The fourth-order valence-electron chi connectivity index (χ4n) is 1.43. The Kier molecular flexibility index (Phi) is 5.54. The zero-order chi connectivity index (χ0) is 12.6. The zero-order valence-electron chi connectivity index (χ0n) is 10.3. The summed E-state index contributed by atoms with van der Waals surface area (Å²) in [6.45, 7) is 0. The van der Waals surface area contributed by atoms with Gasteiger partial charge in [-0.05, 0) is 28.2 Å². The Morgan fingerprint density at radius 1 is 1.17 bits per heavy atom. The van der Waals surface area contributed by atoms with E-state index < -0.39 is 0 Å². The SMILES string of the molecule is Cn1nnnc1SCCCSCc1ccccc1. The average molecular weight is 280 g/mol. The van der Waals surface area contributed by atoms with Crippen molar-refractivity contribution in [3.63, 3.8) is 0 Å². The van der Waals surface area contributed by atoms with Gasteiger partial charge in [-0.15, -0.1) is 5.10 Å². The van der Waals surface area contributed by atoms with Crippen LogP contribution >= 0.6 is 23.5 Å². The molecule has 0 N–H and O–H groups in total. The Balaban J connectivity index is 1.56. The zero-order valence-corrected chi connectivity index (χ0v) is 12.0. The highest BCUT2D eigenvalue weighted by molar-refractivity contribution is 7.99. The highest BCUT2D eigenvalue weighted by Gasteiger charge is 2.01. The molecule has 0 unspecified atom stereocenters. The van der Waals surface area contributed by atoms with Gasteiger partial charge in [0.2, 0.25) is 5.16 Å². The average Bonchev–Trinajstić information content (AvgIpc) is 2.81. The second-order valence-electron chi connectivity index (χ2n) is 3.83. The number of thioether (sulfide) groups is 2. The third-order valence-electron chi connectivity index (χ3n) is 2.36. The van der Waals surface area contributed by atoms with Crippen molar-refractivity contribution in [1.82, 2.24) is 20.2 Å². The molecule has 2 aromatic rings. The predicted molar refractivity (Wildman–Crippen MR) is 76.7 cm³/mol. The van der Waals surface area contributed by atoms with Crippen LogP contribution in [0.5, 0.6) is 0 Å². The van der Waals surface area contributed by atoms with E-state index in [4.69, 9.17) is 0 Å². The van der Waals surface area contributed by atoms with Crippen molar-refractivity contribution < 1.29 is 0 Å². The number of aryl methyl sites for hydroxylation is 1. The molecule has 0 atom stereocenters. The van der Waals surface area contributed by atoms with Crippen LogP contribution in [0, 0.1) is 0 Å². The smallest absolute Gasteiger partial charge is 0.209 e. The molecule has 0 saturated carbocycles. The van der Waals surface area contributed by atoms with Crippen molar-refractivity contribution in [2.75, 3.05) is 11.5 Å². The van der Waals surface area contributed by atoms with Gasteiger partial charge in [0.1, 0.15) is 0 Å². The van der Waals surface area contributed by atoms with Crippen molar-refractivity contribution in [3.05, 3.63) is 35.9 Å². The van der Waals surface area contributed by atoms with Gasteiger partial charge in [-0.25, -0.2) is 4.68 Å². The maximum Gasteiger partial charge on any atom is 0.209 e. The van der Waals surface area contributed by atoms with Gasteiger partial charge in [0.15, 0.2) is 0 Å². The first-order valence-corrected chi connectivity index (χ1v) is 7.97. The van der Waals surface area contributed by atoms with Gasteiger partial charge < -0.3 is 0 Å². The van der Waals surface area contributed by atoms with Crippen LogP contribution in [0.25, 0.3) is 0 Å². The maximum atomic E-state index is 3.94. The van der Waals surface area contributed by atoms with E-state index in [0.29, 0.717) is 0 Å². The summed E-state index contributed by atoms with van der Waals surface area (Å²) < 4.78 is 1.71. The summed E-state index contributed by atoms with van der Waals surface area (Å²) >= 11 is 3.69. The van der Waals surface area contributed by atoms with E-state index in [1.807, 2.05) is 18.8 Å². The Labute approximate surface area is 116 Å². The fraction of sp³-hybridized carbons (Fsp3) is 0.417. The van der Waals surface area contributed by atoms with E-state index in [0.717, 1.165) is 16.7 Å². The van der Waals surface area contributed by atoms with Crippen molar-refractivity contribution in [2.45, 2.75) is 17.3 Å². The summed E-state index contributed by atoms with van der Waals surface area (Å²) in [4.78, 5) is 0. The number of benzene rings is 1. The number of aromatic nitrogens is 4. The van der Waals surface area contributed by atoms with E-state index >= 15 is 0 Å². The number of tetrazole rings is 1. The maximum absolute atomic E-state index is 3.94. The van der Waals surface area contributed by atoms with Gasteiger partial charge in [0, 0.05) is 18.6 Å². The summed E-state index contributed by atoms with van der Waals surface area (Å²) in [5, 5.41) is 12.2. The van der Waals surface area contributed by atoms with Gasteiger partial charge in [0.25, 0.3) is 0 Å². The van der Waals surface area contributed by atoms with Gasteiger partial charge in [-0.2, -0.15) is 11.8 Å². The third-order valence-corrected chi connectivity index (χ3v) is 4.57. The quantitative estimate of drug-likeness (QED) is 0.576. The number of rotatable bonds is 7. The largest absolute Gasteiger partial charge is 0.224 e. The Hall–Kier alpha value is -1.01. The van der Waals surface area contributed by atoms with Crippen LogP contribution in [0.3, 0.4) is 0 Å². The summed E-state index contributed by atoms with van der Waals surface area (Å²) in [6.07, 6.45) is 1.18. The molecule has 2 rings (SSSR count). The molecule has 0 bridgehead atoms. The predicted octanol–water partition coefficient (Wildman–Crippen LogP) is 2.63. The number of hydrogen-bond donors (Lipinski definition) is 0. The van der Waals surface area contributed by atoms with Crippen molar-refractivity contribution >= 4 is 23.5 Å². The minimum Gasteiger partial charge on any atom is -0.224 e. The molecular formula is C12H16N4S2. The van der Waals surface area contributed by atoms with Crippen LogP contribution in [0.15, 0.2) is 35.5 Å². The second kappa shape index (κ2) is 7.43. The standard InChI is InChI=1S/C12H16N4S2/c1-16-12(13-14-15-16)18-9-5-8-17-10-11-6-3-2-4-7-11/h2-4,6-7H,5,8-10H2,1H3. The lowest BCUT2D eigenvalue weighted by atomic mass is 10.2. The molecule has 1 aromatic heterocycles. The van der Waals surface area contributed by atoms with Gasteiger partial charge in [0.05, 0.1) is 0 Å². The monoisotopic (exact) mass is 280 g/mol. The van der Waals surface area contributed by atoms with E-state index in [2.05, 4.69) is 45.9 Å². The minimum absolute atomic E-state index is 0.892. The molecular weight excluding hydrogens is 264 g/mol. The summed E-state index contributed by atoms with van der Waals surface area (Å²) in [5.41, 5.74) is 1.40. The molecule has 0 aliphatic rings.